The Labute approximate surface area is 84.3 Å². The maximum Gasteiger partial charge on any atom is 0.435 e. The minimum absolute atomic E-state index is 0.502. The number of aryl methyl sites for hydroxylation is 2. The Morgan fingerprint density at radius 3 is 2.40 bits per heavy atom. The van der Waals surface area contributed by atoms with E-state index < -0.39 is 11.9 Å². The van der Waals surface area contributed by atoms with Gasteiger partial charge in [0.2, 0.25) is 0 Å². The van der Waals surface area contributed by atoms with E-state index in [4.69, 9.17) is 0 Å². The first kappa shape index (κ1) is 10.0. The van der Waals surface area contributed by atoms with Crippen molar-refractivity contribution in [2.24, 2.45) is 0 Å². The summed E-state index contributed by atoms with van der Waals surface area (Å²) in [6.45, 7) is 3.48. The second-order valence-corrected chi connectivity index (χ2v) is 3.48. The molecule has 5 heteroatoms. The van der Waals surface area contributed by atoms with Gasteiger partial charge in [0, 0.05) is 5.69 Å². The van der Waals surface area contributed by atoms with Gasteiger partial charge in [-0.2, -0.15) is 18.3 Å². The first-order valence-corrected chi connectivity index (χ1v) is 4.43. The van der Waals surface area contributed by atoms with E-state index in [0.29, 0.717) is 11.2 Å². The Hall–Kier alpha value is -1.52. The molecule has 2 aromatic rings. The molecule has 0 atom stereocenters. The van der Waals surface area contributed by atoms with Crippen molar-refractivity contribution in [3.63, 3.8) is 0 Å². The zero-order valence-corrected chi connectivity index (χ0v) is 8.26. The molecule has 2 nitrogen and oxygen atoms in total. The van der Waals surface area contributed by atoms with Gasteiger partial charge >= 0.3 is 6.18 Å². The zero-order chi connectivity index (χ0) is 11.2. The quantitative estimate of drug-likeness (QED) is 0.659. The van der Waals surface area contributed by atoms with E-state index in [-0.39, 0.29) is 0 Å². The lowest BCUT2D eigenvalue weighted by Crippen LogP contribution is -2.06. The first-order chi connectivity index (χ1) is 6.89. The van der Waals surface area contributed by atoms with Crippen LogP contribution in [0.15, 0.2) is 18.2 Å². The average Bonchev–Trinajstić information content (AvgIpc) is 2.56. The molecular formula is C10H9F3N2. The summed E-state index contributed by atoms with van der Waals surface area (Å²) in [5.74, 6) is 0. The number of pyridine rings is 1. The highest BCUT2D eigenvalue weighted by Gasteiger charge is 2.34. The second kappa shape index (κ2) is 2.98. The molecule has 0 aliphatic heterocycles. The Morgan fingerprint density at radius 2 is 1.87 bits per heavy atom. The van der Waals surface area contributed by atoms with Crippen molar-refractivity contribution in [3.8, 4) is 0 Å². The third-order valence-electron chi connectivity index (χ3n) is 2.31. The van der Waals surface area contributed by atoms with Gasteiger partial charge in [-0.3, -0.25) is 0 Å². The molecular weight excluding hydrogens is 205 g/mol. The van der Waals surface area contributed by atoms with Crippen LogP contribution in [0.25, 0.3) is 5.52 Å². The summed E-state index contributed by atoms with van der Waals surface area (Å²) in [7, 11) is 0. The molecule has 2 aromatic heterocycles. The highest BCUT2D eigenvalue weighted by atomic mass is 19.4. The van der Waals surface area contributed by atoms with Gasteiger partial charge in [0.15, 0.2) is 5.69 Å². The van der Waals surface area contributed by atoms with E-state index in [1.54, 1.807) is 26.0 Å². The molecule has 0 spiro atoms. The molecule has 0 N–H and O–H groups in total. The van der Waals surface area contributed by atoms with Gasteiger partial charge in [0.05, 0.1) is 5.52 Å². The fraction of sp³-hybridized carbons (Fsp3) is 0.300. The molecule has 2 heterocycles. The fourth-order valence-corrected chi connectivity index (χ4v) is 1.47. The lowest BCUT2D eigenvalue weighted by Gasteiger charge is -2.01. The number of hydrogen-bond acceptors (Lipinski definition) is 1. The molecule has 0 amide bonds. The Kier molecular flexibility index (Phi) is 1.99. The largest absolute Gasteiger partial charge is 0.435 e. The summed E-state index contributed by atoms with van der Waals surface area (Å²) in [4.78, 5) is 0. The van der Waals surface area contributed by atoms with E-state index in [2.05, 4.69) is 5.10 Å². The van der Waals surface area contributed by atoms with Gasteiger partial charge in [0.1, 0.15) is 0 Å². The SMILES string of the molecule is Cc1ccc(C)n2nc(C(F)(F)F)cc12. The van der Waals surface area contributed by atoms with Gasteiger partial charge in [-0.1, -0.05) is 6.07 Å². The topological polar surface area (TPSA) is 17.3 Å². The number of halogens is 3. The average molecular weight is 214 g/mol. The summed E-state index contributed by atoms with van der Waals surface area (Å²) in [6.07, 6.45) is -4.38. The minimum Gasteiger partial charge on any atom is -0.237 e. The summed E-state index contributed by atoms with van der Waals surface area (Å²) < 4.78 is 38.6. The van der Waals surface area contributed by atoms with Crippen LogP contribution in [0.5, 0.6) is 0 Å². The molecule has 0 radical (unpaired) electrons. The lowest BCUT2D eigenvalue weighted by atomic mass is 10.2. The van der Waals surface area contributed by atoms with Gasteiger partial charge < -0.3 is 0 Å². The minimum atomic E-state index is -4.38. The Balaban J connectivity index is 2.76. The number of hydrogen-bond donors (Lipinski definition) is 0. The normalized spacial score (nSPS) is 12.3. The van der Waals surface area contributed by atoms with E-state index >= 15 is 0 Å². The lowest BCUT2D eigenvalue weighted by molar-refractivity contribution is -0.141. The molecule has 0 aliphatic rings. The van der Waals surface area contributed by atoms with Crippen molar-refractivity contribution in [3.05, 3.63) is 35.2 Å². The third kappa shape index (κ3) is 1.58. The van der Waals surface area contributed by atoms with Crippen molar-refractivity contribution in [1.82, 2.24) is 9.61 Å². The Morgan fingerprint density at radius 1 is 1.20 bits per heavy atom. The van der Waals surface area contributed by atoms with Crippen LogP contribution in [0.4, 0.5) is 13.2 Å². The highest BCUT2D eigenvalue weighted by Crippen LogP contribution is 2.29. The molecule has 0 saturated carbocycles. The molecule has 80 valence electrons. The molecule has 0 fully saturated rings. The zero-order valence-electron chi connectivity index (χ0n) is 8.26. The molecule has 0 aromatic carbocycles. The van der Waals surface area contributed by atoms with Gasteiger partial charge in [0.25, 0.3) is 0 Å². The predicted octanol–water partition coefficient (Wildman–Crippen LogP) is 2.97. The fourth-order valence-electron chi connectivity index (χ4n) is 1.47. The van der Waals surface area contributed by atoms with Crippen LogP contribution in [-0.2, 0) is 6.18 Å². The van der Waals surface area contributed by atoms with Crippen molar-refractivity contribution >= 4 is 5.52 Å². The Bertz CT molecular complexity index is 472. The highest BCUT2D eigenvalue weighted by molar-refractivity contribution is 5.55. The van der Waals surface area contributed by atoms with Gasteiger partial charge in [-0.15, -0.1) is 0 Å². The van der Waals surface area contributed by atoms with Crippen molar-refractivity contribution < 1.29 is 13.2 Å². The second-order valence-electron chi connectivity index (χ2n) is 3.48. The van der Waals surface area contributed by atoms with Crippen LogP contribution < -0.4 is 0 Å². The van der Waals surface area contributed by atoms with Gasteiger partial charge in [-0.05, 0) is 31.5 Å². The van der Waals surface area contributed by atoms with E-state index in [1.807, 2.05) is 0 Å². The number of nitrogens with zero attached hydrogens (tertiary/aromatic N) is 2. The standard InChI is InChI=1S/C10H9F3N2/c1-6-3-4-7(2)15-8(6)5-9(14-15)10(11,12)13/h3-5H,1-2H3. The van der Waals surface area contributed by atoms with Crippen LogP contribution in [0.1, 0.15) is 17.0 Å². The molecule has 15 heavy (non-hydrogen) atoms. The van der Waals surface area contributed by atoms with Crippen molar-refractivity contribution in [1.29, 1.82) is 0 Å². The number of rotatable bonds is 0. The van der Waals surface area contributed by atoms with Crippen molar-refractivity contribution in [2.75, 3.05) is 0 Å². The summed E-state index contributed by atoms with van der Waals surface area (Å²) >= 11 is 0. The summed E-state index contributed by atoms with van der Waals surface area (Å²) in [5, 5.41) is 3.54. The number of fused-ring (bicyclic) bond motifs is 1. The molecule has 2 rings (SSSR count). The first-order valence-electron chi connectivity index (χ1n) is 4.43. The molecule has 0 bridgehead atoms. The monoisotopic (exact) mass is 214 g/mol. The molecule has 0 saturated heterocycles. The van der Waals surface area contributed by atoms with Crippen molar-refractivity contribution in [2.45, 2.75) is 20.0 Å². The number of alkyl halides is 3. The summed E-state index contributed by atoms with van der Waals surface area (Å²) in [6, 6.07) is 4.60. The van der Waals surface area contributed by atoms with Crippen LogP contribution in [0.3, 0.4) is 0 Å². The predicted molar refractivity (Wildman–Crippen MR) is 49.7 cm³/mol. The number of aromatic nitrogens is 2. The van der Waals surface area contributed by atoms with E-state index in [0.717, 1.165) is 11.6 Å². The van der Waals surface area contributed by atoms with Crippen LogP contribution in [0, 0.1) is 13.8 Å². The van der Waals surface area contributed by atoms with Gasteiger partial charge in [-0.25, -0.2) is 4.52 Å². The maximum atomic E-state index is 12.4. The van der Waals surface area contributed by atoms with Crippen LogP contribution in [-0.4, -0.2) is 9.61 Å². The van der Waals surface area contributed by atoms with Crippen LogP contribution >= 0.6 is 0 Å². The third-order valence-corrected chi connectivity index (χ3v) is 2.31. The smallest absolute Gasteiger partial charge is 0.237 e. The van der Waals surface area contributed by atoms with E-state index in [1.165, 1.54) is 4.52 Å². The maximum absolute atomic E-state index is 12.4. The molecule has 0 unspecified atom stereocenters. The van der Waals surface area contributed by atoms with E-state index in [9.17, 15) is 13.2 Å². The van der Waals surface area contributed by atoms with Crippen LogP contribution in [0.2, 0.25) is 0 Å². The molecule has 0 aliphatic carbocycles. The summed E-state index contributed by atoms with van der Waals surface area (Å²) in [5.41, 5.74) is 1.12.